The van der Waals surface area contributed by atoms with Gasteiger partial charge in [-0.3, -0.25) is 4.79 Å². The first-order chi connectivity index (χ1) is 22.4. The van der Waals surface area contributed by atoms with Crippen molar-refractivity contribution in [3.05, 3.63) is 63.3 Å². The topological polar surface area (TPSA) is 152 Å². The average Bonchev–Trinajstić information content (AvgIpc) is 3.85. The molecule has 0 bridgehead atoms. The van der Waals surface area contributed by atoms with Crippen LogP contribution < -0.4 is 18.9 Å². The van der Waals surface area contributed by atoms with Crippen LogP contribution in [0.25, 0.3) is 0 Å². The Morgan fingerprint density at radius 3 is 2.37 bits per heavy atom. The number of aromatic hydroxyl groups is 1. The third kappa shape index (κ3) is 4.71. The maximum Gasteiger partial charge on any atom is 0.310 e. The van der Waals surface area contributed by atoms with Gasteiger partial charge in [0.1, 0.15) is 24.4 Å². The summed E-state index contributed by atoms with van der Waals surface area (Å²) in [6.45, 7) is 0.417. The first kappa shape index (κ1) is 29.8. The van der Waals surface area contributed by atoms with Crippen molar-refractivity contribution in [2.45, 2.75) is 55.1 Å². The summed E-state index contributed by atoms with van der Waals surface area (Å²) in [6, 6.07) is 11.0. The van der Waals surface area contributed by atoms with Crippen molar-refractivity contribution < 1.29 is 58.0 Å². The molecule has 0 saturated carbocycles. The fourth-order valence-electron chi connectivity index (χ4n) is 7.78. The highest BCUT2D eigenvalue weighted by Crippen LogP contribution is 2.57. The maximum absolute atomic E-state index is 13.5. The molecule has 1 aliphatic carbocycles. The molecule has 4 aliphatic heterocycles. The Kier molecular flexibility index (Phi) is 7.50. The van der Waals surface area contributed by atoms with E-state index in [4.69, 9.17) is 37.9 Å². The molecule has 0 amide bonds. The number of rotatable bonds is 6. The van der Waals surface area contributed by atoms with E-state index in [1.54, 1.807) is 12.1 Å². The molecule has 3 saturated heterocycles. The molecule has 8 rings (SSSR count). The van der Waals surface area contributed by atoms with Crippen LogP contribution in [0.5, 0.6) is 28.7 Å². The van der Waals surface area contributed by atoms with E-state index in [9.17, 15) is 20.1 Å². The number of esters is 1. The molecule has 5 heterocycles. The molecule has 2 aromatic carbocycles. The summed E-state index contributed by atoms with van der Waals surface area (Å²) >= 11 is 1.49. The Hall–Kier alpha value is -3.59. The fraction of sp³-hybridized carbons (Fsp3) is 0.485. The Morgan fingerprint density at radius 2 is 1.67 bits per heavy atom. The number of aliphatic hydroxyl groups is 2. The van der Waals surface area contributed by atoms with Gasteiger partial charge in [-0.25, -0.2) is 0 Å². The van der Waals surface area contributed by atoms with Gasteiger partial charge in [0.15, 0.2) is 29.3 Å². The number of carbonyl (C=O) groups excluding carboxylic acids is 1. The van der Waals surface area contributed by atoms with E-state index in [1.165, 1.54) is 25.6 Å². The number of benzene rings is 2. The number of hydrogen-bond donors (Lipinski definition) is 3. The summed E-state index contributed by atoms with van der Waals surface area (Å²) < 4.78 is 46.6. The number of fused-ring (bicyclic) bond motifs is 4. The fourth-order valence-corrected chi connectivity index (χ4v) is 8.48. The van der Waals surface area contributed by atoms with E-state index < -0.39 is 48.6 Å². The largest absolute Gasteiger partial charge is 0.502 e. The van der Waals surface area contributed by atoms with Crippen molar-refractivity contribution in [2.24, 2.45) is 11.8 Å². The van der Waals surface area contributed by atoms with Crippen LogP contribution in [0, 0.1) is 11.8 Å². The van der Waals surface area contributed by atoms with E-state index >= 15 is 0 Å². The number of carbonyl (C=O) groups is 1. The zero-order valence-corrected chi connectivity index (χ0v) is 25.9. The molecular weight excluding hydrogens is 620 g/mol. The van der Waals surface area contributed by atoms with E-state index in [-0.39, 0.29) is 61.5 Å². The zero-order valence-electron chi connectivity index (χ0n) is 25.1. The van der Waals surface area contributed by atoms with Crippen molar-refractivity contribution in [1.29, 1.82) is 0 Å². The van der Waals surface area contributed by atoms with Gasteiger partial charge < -0.3 is 53.2 Å². The summed E-state index contributed by atoms with van der Waals surface area (Å²) in [5.41, 5.74) is 2.40. The van der Waals surface area contributed by atoms with Crippen LogP contribution in [0.15, 0.2) is 41.8 Å². The van der Waals surface area contributed by atoms with Crippen LogP contribution in [0.1, 0.15) is 46.1 Å². The maximum atomic E-state index is 13.5. The SMILES string of the molecule is COc1cc([C@@H]2c3cc4c(cc3[C@@H](C[C@@H]3O[C@@H]5COC(c6cccs6)O[C@H]5[C@H](O)[C@H]3O)[C@H]3COC(=O)[C@H]23)OCO4)cc(OC)c1O. The van der Waals surface area contributed by atoms with Gasteiger partial charge in [0.25, 0.3) is 0 Å². The number of thiophene rings is 1. The van der Waals surface area contributed by atoms with Gasteiger partial charge in [-0.15, -0.1) is 11.3 Å². The number of hydrogen-bond acceptors (Lipinski definition) is 13. The summed E-state index contributed by atoms with van der Waals surface area (Å²) in [6.07, 6.45) is -4.97. The zero-order chi connectivity index (χ0) is 31.7. The highest BCUT2D eigenvalue weighted by molar-refractivity contribution is 7.10. The van der Waals surface area contributed by atoms with Crippen LogP contribution in [0.4, 0.5) is 0 Å². The van der Waals surface area contributed by atoms with Crippen molar-refractivity contribution in [3.63, 3.8) is 0 Å². The first-order valence-corrected chi connectivity index (χ1v) is 16.1. The molecule has 0 radical (unpaired) electrons. The van der Waals surface area contributed by atoms with E-state index in [1.807, 2.05) is 29.6 Å². The molecule has 10 atom stereocenters. The van der Waals surface area contributed by atoms with Gasteiger partial charge in [0.05, 0.1) is 44.3 Å². The molecule has 3 aromatic rings. The van der Waals surface area contributed by atoms with Gasteiger partial charge in [0, 0.05) is 11.8 Å². The lowest BCUT2D eigenvalue weighted by Gasteiger charge is -2.48. The van der Waals surface area contributed by atoms with Crippen molar-refractivity contribution in [2.75, 3.05) is 34.2 Å². The van der Waals surface area contributed by atoms with Gasteiger partial charge in [-0.2, -0.15) is 0 Å². The van der Waals surface area contributed by atoms with E-state index in [0.717, 1.165) is 16.0 Å². The third-order valence-electron chi connectivity index (χ3n) is 9.94. The van der Waals surface area contributed by atoms with Crippen LogP contribution >= 0.6 is 11.3 Å². The summed E-state index contributed by atoms with van der Waals surface area (Å²) in [4.78, 5) is 14.4. The van der Waals surface area contributed by atoms with Gasteiger partial charge in [0.2, 0.25) is 12.5 Å². The van der Waals surface area contributed by atoms with Crippen molar-refractivity contribution >= 4 is 17.3 Å². The van der Waals surface area contributed by atoms with Crippen molar-refractivity contribution in [1.82, 2.24) is 0 Å². The molecule has 1 unspecified atom stereocenters. The standard InChI is InChI=1S/C33H34O12S/c1-38-21-6-14(7-22(39-2)28(21)34)26-17-10-20-19(42-13-43-20)8-15(17)16(18-11-40-32(37)27(18)26)9-23-29(35)30(36)31-24(44-23)12-41-33(45-31)25-4-3-5-46-25/h3-8,10,16,18,23-24,26-27,29-31,33-36H,9,11-13H2,1-2H3/t16-,18-,23+,24-,26-,27+,29+,30-,31-,33?/m1/s1. The predicted octanol–water partition coefficient (Wildman–Crippen LogP) is 3.21. The lowest BCUT2D eigenvalue weighted by Crippen LogP contribution is -2.62. The van der Waals surface area contributed by atoms with Crippen LogP contribution in [0.2, 0.25) is 0 Å². The van der Waals surface area contributed by atoms with E-state index in [0.29, 0.717) is 17.1 Å². The summed E-state index contributed by atoms with van der Waals surface area (Å²) in [5, 5.41) is 35.2. The second kappa shape index (κ2) is 11.6. The first-order valence-electron chi connectivity index (χ1n) is 15.2. The van der Waals surface area contributed by atoms with Crippen LogP contribution in [0.3, 0.4) is 0 Å². The minimum Gasteiger partial charge on any atom is -0.502 e. The Balaban J connectivity index is 1.16. The highest BCUT2D eigenvalue weighted by atomic mass is 32.1. The van der Waals surface area contributed by atoms with Gasteiger partial charge in [-0.1, -0.05) is 6.07 Å². The molecule has 3 fully saturated rings. The summed E-state index contributed by atoms with van der Waals surface area (Å²) in [7, 11) is 2.90. The lowest BCUT2D eigenvalue weighted by molar-refractivity contribution is -0.328. The summed E-state index contributed by atoms with van der Waals surface area (Å²) in [5.74, 6) is -0.669. The number of phenolic OH excluding ortho intramolecular Hbond substituents is 1. The number of aliphatic hydroxyl groups excluding tert-OH is 2. The Labute approximate surface area is 268 Å². The predicted molar refractivity (Wildman–Crippen MR) is 159 cm³/mol. The third-order valence-corrected chi connectivity index (χ3v) is 10.8. The smallest absolute Gasteiger partial charge is 0.310 e. The molecular formula is C33H34O12S. The number of methoxy groups -OCH3 is 2. The molecule has 244 valence electrons. The monoisotopic (exact) mass is 654 g/mol. The highest BCUT2D eigenvalue weighted by Gasteiger charge is 2.55. The van der Waals surface area contributed by atoms with Crippen molar-refractivity contribution in [3.8, 4) is 28.7 Å². The quantitative estimate of drug-likeness (QED) is 0.335. The number of cyclic esters (lactones) is 1. The molecule has 12 nitrogen and oxygen atoms in total. The lowest BCUT2D eigenvalue weighted by atomic mass is 9.61. The Morgan fingerprint density at radius 1 is 0.935 bits per heavy atom. The molecule has 46 heavy (non-hydrogen) atoms. The number of phenols is 1. The van der Waals surface area contributed by atoms with Gasteiger partial charge in [-0.05, 0) is 64.7 Å². The average molecular weight is 655 g/mol. The molecule has 1 aromatic heterocycles. The minimum absolute atomic E-state index is 0.0650. The number of ether oxygens (including phenoxy) is 8. The van der Waals surface area contributed by atoms with Crippen LogP contribution in [-0.2, 0) is 23.7 Å². The Bertz CT molecular complexity index is 1600. The minimum atomic E-state index is -1.25. The van der Waals surface area contributed by atoms with Gasteiger partial charge >= 0.3 is 5.97 Å². The van der Waals surface area contributed by atoms with E-state index in [2.05, 4.69) is 0 Å². The molecule has 0 spiro atoms. The molecule has 5 aliphatic rings. The van der Waals surface area contributed by atoms with Crippen LogP contribution in [-0.4, -0.2) is 86.0 Å². The normalized spacial score (nSPS) is 34.3. The molecule has 3 N–H and O–H groups in total. The molecule has 13 heteroatoms. The second-order valence-corrected chi connectivity index (χ2v) is 13.2. The second-order valence-electron chi connectivity index (χ2n) is 12.2.